The molecule has 0 fully saturated rings. The molecule has 0 aromatic rings. The zero-order valence-corrected chi connectivity index (χ0v) is 8.26. The van der Waals surface area contributed by atoms with Gasteiger partial charge < -0.3 is 4.79 Å². The van der Waals surface area contributed by atoms with Crippen LogP contribution in [0.4, 0.5) is 0 Å². The Morgan fingerprint density at radius 2 is 2.00 bits per heavy atom. The number of carbonyl (C=O) groups is 1. The highest BCUT2D eigenvalue weighted by atomic mass is 16.1. The topological polar surface area (TPSA) is 17.1 Å². The monoisotopic (exact) mass is 166 g/mol. The first-order valence-electron chi connectivity index (χ1n) is 4.41. The van der Waals surface area contributed by atoms with Crippen LogP contribution in [0.5, 0.6) is 0 Å². The van der Waals surface area contributed by atoms with Crippen LogP contribution in [0, 0.1) is 0 Å². The third-order valence-electron chi connectivity index (χ3n) is 1.77. The second kappa shape index (κ2) is 6.84. The van der Waals surface area contributed by atoms with Crippen molar-refractivity contribution in [3.05, 3.63) is 23.3 Å². The Balaban J connectivity index is 3.74. The third kappa shape index (κ3) is 5.90. The first kappa shape index (κ1) is 11.2. The molecular weight excluding hydrogens is 148 g/mol. The van der Waals surface area contributed by atoms with Crippen molar-refractivity contribution in [2.45, 2.75) is 40.0 Å². The molecule has 1 heteroatoms. The molecule has 0 heterocycles. The second-order valence-electron chi connectivity index (χ2n) is 3.14. The summed E-state index contributed by atoms with van der Waals surface area (Å²) in [6.45, 7) is 6.17. The summed E-state index contributed by atoms with van der Waals surface area (Å²) in [5.41, 5.74) is 2.58. The van der Waals surface area contributed by atoms with Gasteiger partial charge in [0.05, 0.1) is 0 Å². The van der Waals surface area contributed by atoms with Gasteiger partial charge in [-0.05, 0) is 33.6 Å². The van der Waals surface area contributed by atoms with Gasteiger partial charge in [0.15, 0.2) is 0 Å². The smallest absolute Gasteiger partial charge is 0.124 e. The first-order chi connectivity index (χ1) is 5.70. The average Bonchev–Trinajstić information content (AvgIpc) is 2.02. The van der Waals surface area contributed by atoms with Crippen molar-refractivity contribution in [2.24, 2.45) is 0 Å². The van der Waals surface area contributed by atoms with Gasteiger partial charge in [-0.15, -0.1) is 0 Å². The molecule has 0 rings (SSSR count). The van der Waals surface area contributed by atoms with Gasteiger partial charge in [-0.2, -0.15) is 0 Å². The molecule has 0 aliphatic rings. The summed E-state index contributed by atoms with van der Waals surface area (Å²) in [6.07, 6.45) is 7.86. The van der Waals surface area contributed by atoms with E-state index in [1.165, 1.54) is 11.1 Å². The molecule has 0 aromatic heterocycles. The van der Waals surface area contributed by atoms with Crippen LogP contribution in [-0.4, -0.2) is 6.29 Å². The number of carbonyl (C=O) groups excluding carboxylic acids is 1. The van der Waals surface area contributed by atoms with Crippen LogP contribution >= 0.6 is 0 Å². The Bertz CT molecular complexity index is 183. The van der Waals surface area contributed by atoms with E-state index in [4.69, 9.17) is 0 Å². The van der Waals surface area contributed by atoms with Crippen LogP contribution in [0.2, 0.25) is 0 Å². The molecule has 1 nitrogen and oxygen atoms in total. The molecule has 68 valence electrons. The van der Waals surface area contributed by atoms with Gasteiger partial charge in [0, 0.05) is 6.42 Å². The summed E-state index contributed by atoms with van der Waals surface area (Å²) in [5, 5.41) is 0. The zero-order valence-electron chi connectivity index (χ0n) is 8.26. The fourth-order valence-electron chi connectivity index (χ4n) is 1.02. The van der Waals surface area contributed by atoms with Crippen molar-refractivity contribution in [1.82, 2.24) is 0 Å². The Kier molecular flexibility index (Phi) is 6.35. The summed E-state index contributed by atoms with van der Waals surface area (Å²) >= 11 is 0. The van der Waals surface area contributed by atoms with Gasteiger partial charge in [0.25, 0.3) is 0 Å². The minimum absolute atomic E-state index is 0.590. The first-order valence-corrected chi connectivity index (χ1v) is 4.41. The van der Waals surface area contributed by atoms with E-state index in [0.29, 0.717) is 6.42 Å². The third-order valence-corrected chi connectivity index (χ3v) is 1.77. The summed E-state index contributed by atoms with van der Waals surface area (Å²) in [4.78, 5) is 10.2. The number of hydrogen-bond acceptors (Lipinski definition) is 1. The van der Waals surface area contributed by atoms with Crippen molar-refractivity contribution in [1.29, 1.82) is 0 Å². The Morgan fingerprint density at radius 1 is 1.33 bits per heavy atom. The van der Waals surface area contributed by atoms with Gasteiger partial charge in [-0.3, -0.25) is 0 Å². The van der Waals surface area contributed by atoms with Gasteiger partial charge >= 0.3 is 0 Å². The summed E-state index contributed by atoms with van der Waals surface area (Å²) in [5.74, 6) is 0. The van der Waals surface area contributed by atoms with E-state index in [2.05, 4.69) is 19.9 Å². The van der Waals surface area contributed by atoms with Crippen LogP contribution < -0.4 is 0 Å². The summed E-state index contributed by atoms with van der Waals surface area (Å²) in [7, 11) is 0. The van der Waals surface area contributed by atoms with E-state index in [9.17, 15) is 4.79 Å². The molecule has 0 N–H and O–H groups in total. The lowest BCUT2D eigenvalue weighted by molar-refractivity contribution is -0.107. The molecule has 0 aliphatic carbocycles. The van der Waals surface area contributed by atoms with Crippen LogP contribution in [0.1, 0.15) is 40.0 Å². The second-order valence-corrected chi connectivity index (χ2v) is 3.14. The van der Waals surface area contributed by atoms with Gasteiger partial charge in [0.1, 0.15) is 6.29 Å². The quantitative estimate of drug-likeness (QED) is 0.452. The predicted molar refractivity (Wildman–Crippen MR) is 53.1 cm³/mol. The highest BCUT2D eigenvalue weighted by Gasteiger charge is 1.92. The Hall–Kier alpha value is -0.850. The van der Waals surface area contributed by atoms with Gasteiger partial charge in [-0.25, -0.2) is 0 Å². The SMILES string of the molecule is C/C=C(\CC=O)CCC=C(C)C. The minimum Gasteiger partial charge on any atom is -0.303 e. The lowest BCUT2D eigenvalue weighted by atomic mass is 10.1. The Labute approximate surface area is 75.2 Å². The van der Waals surface area contributed by atoms with Gasteiger partial charge in [-0.1, -0.05) is 23.3 Å². The van der Waals surface area contributed by atoms with Crippen molar-refractivity contribution in [3.8, 4) is 0 Å². The summed E-state index contributed by atoms with van der Waals surface area (Å²) < 4.78 is 0. The number of allylic oxidation sites excluding steroid dienone is 4. The molecule has 0 bridgehead atoms. The lowest BCUT2D eigenvalue weighted by Crippen LogP contribution is -1.84. The number of hydrogen-bond donors (Lipinski definition) is 0. The fourth-order valence-corrected chi connectivity index (χ4v) is 1.02. The van der Waals surface area contributed by atoms with Crippen LogP contribution in [0.3, 0.4) is 0 Å². The molecule has 0 aliphatic heterocycles. The molecule has 0 amide bonds. The number of rotatable bonds is 5. The van der Waals surface area contributed by atoms with E-state index >= 15 is 0 Å². The van der Waals surface area contributed by atoms with Crippen molar-refractivity contribution in [3.63, 3.8) is 0 Å². The zero-order chi connectivity index (χ0) is 9.40. The molecule has 0 atom stereocenters. The molecule has 0 unspecified atom stereocenters. The lowest BCUT2D eigenvalue weighted by Gasteiger charge is -1.99. The largest absolute Gasteiger partial charge is 0.303 e. The predicted octanol–water partition coefficient (Wildman–Crippen LogP) is 3.27. The van der Waals surface area contributed by atoms with Crippen LogP contribution in [0.25, 0.3) is 0 Å². The van der Waals surface area contributed by atoms with Crippen LogP contribution in [-0.2, 0) is 4.79 Å². The Morgan fingerprint density at radius 3 is 2.42 bits per heavy atom. The minimum atomic E-state index is 0.590. The normalized spacial score (nSPS) is 11.1. The molecule has 0 aromatic carbocycles. The molecule has 0 saturated carbocycles. The average molecular weight is 166 g/mol. The van der Waals surface area contributed by atoms with Crippen LogP contribution in [0.15, 0.2) is 23.3 Å². The van der Waals surface area contributed by atoms with Gasteiger partial charge in [0.2, 0.25) is 0 Å². The van der Waals surface area contributed by atoms with E-state index in [-0.39, 0.29) is 0 Å². The van der Waals surface area contributed by atoms with Crippen molar-refractivity contribution in [2.75, 3.05) is 0 Å². The highest BCUT2D eigenvalue weighted by Crippen LogP contribution is 2.09. The molecule has 0 spiro atoms. The fraction of sp³-hybridized carbons (Fsp3) is 0.545. The number of aldehydes is 1. The van der Waals surface area contributed by atoms with Crippen molar-refractivity contribution < 1.29 is 4.79 Å². The van der Waals surface area contributed by atoms with E-state index in [0.717, 1.165) is 19.1 Å². The van der Waals surface area contributed by atoms with Crippen molar-refractivity contribution >= 4 is 6.29 Å². The maximum Gasteiger partial charge on any atom is 0.124 e. The molecule has 0 radical (unpaired) electrons. The maximum atomic E-state index is 10.2. The maximum absolute atomic E-state index is 10.2. The summed E-state index contributed by atoms with van der Waals surface area (Å²) in [6, 6.07) is 0. The molecule has 12 heavy (non-hydrogen) atoms. The van der Waals surface area contributed by atoms with E-state index < -0.39 is 0 Å². The van der Waals surface area contributed by atoms with E-state index in [1.54, 1.807) is 0 Å². The molecular formula is C11H18O. The molecule has 0 saturated heterocycles. The van der Waals surface area contributed by atoms with E-state index in [1.807, 2.05) is 13.0 Å². The highest BCUT2D eigenvalue weighted by molar-refractivity contribution is 5.54. The standard InChI is InChI=1S/C11H18O/c1-4-11(8-9-12)7-5-6-10(2)3/h4,6,9H,5,7-8H2,1-3H3/b11-4-.